The lowest BCUT2D eigenvalue weighted by atomic mass is 9.86. The minimum Gasteiger partial charge on any atom is -0.458 e. The highest BCUT2D eigenvalue weighted by Crippen LogP contribution is 2.41. The molecule has 0 bridgehead atoms. The molecule has 14 heteroatoms. The van der Waals surface area contributed by atoms with E-state index in [0.717, 1.165) is 36.4 Å². The van der Waals surface area contributed by atoms with Crippen LogP contribution in [0.2, 0.25) is 0 Å². The maximum atomic E-state index is 13.4. The Morgan fingerprint density at radius 1 is 1.20 bits per heavy atom. The highest BCUT2D eigenvalue weighted by molar-refractivity contribution is 7.87. The van der Waals surface area contributed by atoms with Gasteiger partial charge < -0.3 is 18.6 Å². The molecule has 2 aliphatic heterocycles. The van der Waals surface area contributed by atoms with E-state index in [0.29, 0.717) is 5.56 Å². The van der Waals surface area contributed by atoms with Crippen LogP contribution >= 0.6 is 0 Å². The van der Waals surface area contributed by atoms with E-state index in [1.807, 2.05) is 0 Å². The van der Waals surface area contributed by atoms with E-state index in [1.54, 1.807) is 6.92 Å². The van der Waals surface area contributed by atoms with Crippen molar-refractivity contribution in [1.29, 1.82) is 0 Å². The summed E-state index contributed by atoms with van der Waals surface area (Å²) in [4.78, 5) is 41.1. The number of pyridine rings is 2. The molecule has 204 valence electrons. The Hall–Kier alpha value is -4.69. The van der Waals surface area contributed by atoms with Crippen LogP contribution in [0.3, 0.4) is 0 Å². The quantitative estimate of drug-likeness (QED) is 0.144. The van der Waals surface area contributed by atoms with E-state index in [2.05, 4.69) is 4.98 Å². The summed E-state index contributed by atoms with van der Waals surface area (Å²) in [6.07, 6.45) is -0.0643. The molecule has 2 aromatic carbocycles. The van der Waals surface area contributed by atoms with Gasteiger partial charge in [-0.25, -0.2) is 14.2 Å². The van der Waals surface area contributed by atoms with Crippen LogP contribution in [0.15, 0.2) is 58.2 Å². The van der Waals surface area contributed by atoms with Gasteiger partial charge in [0.1, 0.15) is 22.8 Å². The van der Waals surface area contributed by atoms with Gasteiger partial charge in [0.15, 0.2) is 11.4 Å². The molecule has 1 N–H and O–H groups in total. The number of hydrogen-bond acceptors (Lipinski definition) is 10. The number of ether oxygens (including phenoxy) is 1. The summed E-state index contributed by atoms with van der Waals surface area (Å²) in [6.45, 7) is 1.21. The molecule has 1 atom stereocenters. The van der Waals surface area contributed by atoms with Crippen molar-refractivity contribution in [2.75, 3.05) is 0 Å². The fourth-order valence-corrected chi connectivity index (χ4v) is 5.96. The van der Waals surface area contributed by atoms with Crippen LogP contribution in [-0.4, -0.2) is 34.0 Å². The number of carbonyl (C=O) groups is 1. The van der Waals surface area contributed by atoms with Gasteiger partial charge in [0.2, 0.25) is 0 Å². The minimum absolute atomic E-state index is 0.0195. The number of nitro groups is 1. The lowest BCUT2D eigenvalue weighted by Gasteiger charge is -2.31. The van der Waals surface area contributed by atoms with Gasteiger partial charge in [-0.2, -0.15) is 8.42 Å². The SMILES string of the molecule is CCC1(O)C(=O)OCc2c1cc1n(c2=O)Cc2cc3c([N+](=O)[O-])ccc(OS(=O)(=O)c4ccc(F)cc4)c3nc2-1. The van der Waals surface area contributed by atoms with Gasteiger partial charge in [0.05, 0.1) is 33.8 Å². The molecule has 0 saturated heterocycles. The number of aromatic nitrogens is 2. The first kappa shape index (κ1) is 25.6. The Balaban J connectivity index is 1.57. The van der Waals surface area contributed by atoms with E-state index < -0.39 is 38.0 Å². The van der Waals surface area contributed by atoms with Crippen LogP contribution in [0.4, 0.5) is 10.1 Å². The second-order valence-corrected chi connectivity index (χ2v) is 10.9. The maximum Gasteiger partial charge on any atom is 0.343 e. The first-order valence-electron chi connectivity index (χ1n) is 11.9. The number of halogens is 1. The number of rotatable bonds is 5. The van der Waals surface area contributed by atoms with Crippen LogP contribution in [-0.2, 0) is 38.4 Å². The van der Waals surface area contributed by atoms with Crippen LogP contribution in [0.1, 0.15) is 30.0 Å². The fraction of sp³-hybridized carbons (Fsp3) is 0.192. The van der Waals surface area contributed by atoms with Crippen molar-refractivity contribution in [2.24, 2.45) is 0 Å². The Kier molecular flexibility index (Phi) is 5.54. The molecule has 0 aliphatic carbocycles. The van der Waals surface area contributed by atoms with Crippen LogP contribution in [0.25, 0.3) is 22.3 Å². The number of benzene rings is 2. The first-order chi connectivity index (χ1) is 18.9. The molecule has 4 aromatic rings. The molecule has 0 radical (unpaired) electrons. The Morgan fingerprint density at radius 3 is 2.60 bits per heavy atom. The summed E-state index contributed by atoms with van der Waals surface area (Å²) >= 11 is 0. The average molecular weight is 568 g/mol. The molecule has 0 fully saturated rings. The largest absolute Gasteiger partial charge is 0.458 e. The summed E-state index contributed by atoms with van der Waals surface area (Å²) < 4.78 is 50.9. The molecule has 12 nitrogen and oxygen atoms in total. The number of nitrogens with zero attached hydrogens (tertiary/aromatic N) is 3. The molecule has 2 aromatic heterocycles. The summed E-state index contributed by atoms with van der Waals surface area (Å²) in [7, 11) is -4.49. The molecule has 0 spiro atoms. The third kappa shape index (κ3) is 3.67. The van der Waals surface area contributed by atoms with Crippen LogP contribution in [0, 0.1) is 15.9 Å². The summed E-state index contributed by atoms with van der Waals surface area (Å²) in [5.74, 6) is -1.88. The van der Waals surface area contributed by atoms with Gasteiger partial charge >= 0.3 is 16.1 Å². The average Bonchev–Trinajstić information content (AvgIpc) is 3.28. The fourth-order valence-electron chi connectivity index (χ4n) is 5.02. The predicted octanol–water partition coefficient (Wildman–Crippen LogP) is 2.89. The van der Waals surface area contributed by atoms with Gasteiger partial charge in [0.25, 0.3) is 11.2 Å². The van der Waals surface area contributed by atoms with Crippen molar-refractivity contribution >= 4 is 32.7 Å². The van der Waals surface area contributed by atoms with Gasteiger partial charge in [0, 0.05) is 17.2 Å². The molecule has 0 amide bonds. The van der Waals surface area contributed by atoms with Crippen molar-refractivity contribution in [3.05, 3.63) is 91.5 Å². The molecule has 0 saturated carbocycles. The Morgan fingerprint density at radius 2 is 1.93 bits per heavy atom. The standard InChI is InChI=1S/C26H18FN3O9S/c1-2-26(33)18-10-20-22-13(11-29(20)24(31)17(18)12-38-25(26)32)9-16-19(30(34)35)7-8-21(23(16)28-22)39-40(36,37)15-5-3-14(27)4-6-15/h3-10,33H,2,11-12H2,1H3. The van der Waals surface area contributed by atoms with Crippen molar-refractivity contribution < 1.29 is 36.6 Å². The third-order valence-electron chi connectivity index (χ3n) is 7.12. The Labute approximate surface area is 224 Å². The smallest absolute Gasteiger partial charge is 0.343 e. The van der Waals surface area contributed by atoms with Gasteiger partial charge in [-0.05, 0) is 48.9 Å². The van der Waals surface area contributed by atoms with Crippen molar-refractivity contribution in [1.82, 2.24) is 9.55 Å². The number of cyclic esters (lactones) is 1. The molecule has 4 heterocycles. The zero-order valence-electron chi connectivity index (χ0n) is 20.6. The van der Waals surface area contributed by atoms with Crippen molar-refractivity contribution in [3.8, 4) is 17.1 Å². The molecule has 40 heavy (non-hydrogen) atoms. The van der Waals surface area contributed by atoms with Crippen molar-refractivity contribution in [2.45, 2.75) is 37.0 Å². The van der Waals surface area contributed by atoms with Crippen LogP contribution < -0.4 is 9.74 Å². The number of carbonyl (C=O) groups excluding carboxylic acids is 1. The second kappa shape index (κ2) is 8.66. The van der Waals surface area contributed by atoms with Gasteiger partial charge in [-0.3, -0.25) is 14.9 Å². The highest BCUT2D eigenvalue weighted by atomic mass is 32.2. The predicted molar refractivity (Wildman–Crippen MR) is 135 cm³/mol. The molecule has 6 rings (SSSR count). The minimum atomic E-state index is -4.49. The van der Waals surface area contributed by atoms with E-state index in [-0.39, 0.29) is 69.3 Å². The normalized spacial score (nSPS) is 17.6. The third-order valence-corrected chi connectivity index (χ3v) is 8.36. The van der Waals surface area contributed by atoms with Crippen molar-refractivity contribution in [3.63, 3.8) is 0 Å². The topological polar surface area (TPSA) is 168 Å². The van der Waals surface area contributed by atoms with E-state index in [4.69, 9.17) is 8.92 Å². The van der Waals surface area contributed by atoms with E-state index >= 15 is 0 Å². The van der Waals surface area contributed by atoms with Gasteiger partial charge in [-0.1, -0.05) is 6.92 Å². The Bertz CT molecular complexity index is 1960. The molecule has 2 aliphatic rings. The molecule has 1 unspecified atom stereocenters. The van der Waals surface area contributed by atoms with Crippen LogP contribution in [0.5, 0.6) is 5.75 Å². The molecular weight excluding hydrogens is 549 g/mol. The van der Waals surface area contributed by atoms with E-state index in [9.17, 15) is 37.6 Å². The van der Waals surface area contributed by atoms with Gasteiger partial charge in [-0.15, -0.1) is 0 Å². The van der Waals surface area contributed by atoms with E-state index in [1.165, 1.54) is 16.7 Å². The monoisotopic (exact) mass is 567 g/mol. The number of nitro benzene ring substituents is 1. The summed E-state index contributed by atoms with van der Waals surface area (Å²) in [5, 5.41) is 22.8. The number of hydrogen-bond donors (Lipinski definition) is 1. The second-order valence-electron chi connectivity index (χ2n) is 9.33. The summed E-state index contributed by atoms with van der Waals surface area (Å²) in [6, 6.07) is 8.94. The zero-order valence-corrected chi connectivity index (χ0v) is 21.4. The maximum absolute atomic E-state index is 13.4. The number of aliphatic hydroxyl groups is 1. The number of esters is 1. The lowest BCUT2D eigenvalue weighted by Crippen LogP contribution is -2.44. The number of fused-ring (bicyclic) bond motifs is 5. The highest BCUT2D eigenvalue weighted by Gasteiger charge is 2.45. The number of non-ortho nitro benzene ring substituents is 1. The summed E-state index contributed by atoms with van der Waals surface area (Å²) in [5.41, 5.74) is -2.13. The zero-order chi connectivity index (χ0) is 28.6. The molecular formula is C26H18FN3O9S. The first-order valence-corrected chi connectivity index (χ1v) is 13.3. The lowest BCUT2D eigenvalue weighted by molar-refractivity contribution is -0.383.